The van der Waals surface area contributed by atoms with Crippen LogP contribution in [0.25, 0.3) is 22.3 Å². The van der Waals surface area contributed by atoms with Crippen molar-refractivity contribution in [2.75, 3.05) is 49.4 Å². The van der Waals surface area contributed by atoms with Crippen LogP contribution in [0.5, 0.6) is 11.5 Å². The zero-order valence-electron chi connectivity index (χ0n) is 43.1. The quantitative estimate of drug-likeness (QED) is 0.0415. The van der Waals surface area contributed by atoms with E-state index in [1.54, 1.807) is 57.7 Å². The number of nitrogens with two attached hydrogens (primary N) is 4. The number of hydrogen-bond donors (Lipinski definition) is 7. The Morgan fingerprint density at radius 1 is 0.727 bits per heavy atom. The Bertz CT molecular complexity index is 2820. The monoisotopic (exact) mass is 1170 g/mol. The minimum Gasteiger partial charge on any atom is -1.00 e. The number of anilines is 4. The molecule has 77 heavy (non-hydrogen) atoms. The molecule has 2 aromatic carbocycles. The van der Waals surface area contributed by atoms with Gasteiger partial charge >= 0.3 is 50.0 Å². The van der Waals surface area contributed by atoms with Gasteiger partial charge in [0.15, 0.2) is 48.0 Å². The number of aliphatic hydroxyl groups excluding tert-OH is 1. The van der Waals surface area contributed by atoms with E-state index in [0.717, 1.165) is 12.8 Å². The second-order valence-electron chi connectivity index (χ2n) is 16.1. The number of imidazole rings is 2. The zero-order valence-corrected chi connectivity index (χ0v) is 47.8. The summed E-state index contributed by atoms with van der Waals surface area (Å²) in [4.78, 5) is 56.8. The number of nitrogen functional groups attached to an aromatic ring is 4. The van der Waals surface area contributed by atoms with Crippen LogP contribution in [0.2, 0.25) is 0 Å². The number of rotatable bonds is 16. The molecule has 0 radical (unpaired) electrons. The molecule has 33 heteroatoms. The van der Waals surface area contributed by atoms with E-state index in [9.17, 15) is 9.13 Å². The van der Waals surface area contributed by atoms with E-state index >= 15 is 0 Å². The summed E-state index contributed by atoms with van der Waals surface area (Å²) in [5, 5.41) is 14.6. The third-order valence-corrected chi connectivity index (χ3v) is 12.9. The molecule has 28 nitrogen and oxygen atoms in total. The van der Waals surface area contributed by atoms with E-state index < -0.39 is 39.7 Å². The number of carbonyl (C=O) groups excluding carboxylic acids is 4. The van der Waals surface area contributed by atoms with E-state index in [4.69, 9.17) is 91.0 Å². The maximum Gasteiger partial charge on any atom is 2.00 e. The number of fused-ring (bicyclic) bond motifs is 2. The fraction of sp³-hybridized carbons (Fsp3) is 0.432. The number of nitrogens with zero attached hydrogens (tertiary/aromatic N) is 8. The van der Waals surface area contributed by atoms with Crippen molar-refractivity contribution in [3.05, 3.63) is 79.2 Å². The number of benzene rings is 2. The SMILES string of the molecule is CC[C@H](C)NP(=O)(Cl)Oc1ccccc1.CC[C@H](C)NP(=O)(OC[C@@H]1OC[C@H](n2cnc3c(N)nc(N)nc32)O1)Oc1ccccc1.C[C-](C)C.Nc1nc(N)c2ncn([C@H]3CO[C@@H](CO)O3)c2n1.O=C=O.O=C=O.[Cl-].[Mg+2]. The van der Waals surface area contributed by atoms with Gasteiger partial charge in [0.2, 0.25) is 11.9 Å². The maximum atomic E-state index is 13.3. The van der Waals surface area contributed by atoms with Gasteiger partial charge in [0.1, 0.15) is 29.1 Å². The maximum absolute atomic E-state index is 13.3. The zero-order chi connectivity index (χ0) is 55.7. The van der Waals surface area contributed by atoms with Gasteiger partial charge in [0, 0.05) is 23.3 Å². The van der Waals surface area contributed by atoms with Crippen LogP contribution < -0.4 is 54.6 Å². The van der Waals surface area contributed by atoms with Crippen molar-refractivity contribution >= 4 is 107 Å². The number of aliphatic hydroxyl groups is 1. The molecule has 0 spiro atoms. The van der Waals surface area contributed by atoms with Crippen LogP contribution in [0, 0.1) is 5.92 Å². The van der Waals surface area contributed by atoms with Crippen LogP contribution in [-0.4, -0.2) is 131 Å². The van der Waals surface area contributed by atoms with Gasteiger partial charge in [-0.25, -0.2) is 29.3 Å². The van der Waals surface area contributed by atoms with E-state index in [1.807, 2.05) is 39.8 Å². The number of hydrogen-bond acceptors (Lipinski definition) is 24. The molecule has 0 aliphatic carbocycles. The Morgan fingerprint density at radius 3 is 1.52 bits per heavy atom. The topological polar surface area (TPSA) is 403 Å². The van der Waals surface area contributed by atoms with Crippen molar-refractivity contribution in [1.82, 2.24) is 49.2 Å². The van der Waals surface area contributed by atoms with Gasteiger partial charge in [-0.15, -0.1) is 0 Å². The molecule has 8 atom stereocenters. The first-order chi connectivity index (χ1) is 35.6. The van der Waals surface area contributed by atoms with E-state index in [0.29, 0.717) is 40.4 Å². The molecule has 0 amide bonds. The number of halogens is 2. The molecule has 418 valence electrons. The van der Waals surface area contributed by atoms with Gasteiger partial charge in [0.05, 0.1) is 32.5 Å². The molecule has 11 N–H and O–H groups in total. The van der Waals surface area contributed by atoms with Crippen molar-refractivity contribution < 1.29 is 78.3 Å². The molecular weight excluding hydrogens is 1110 g/mol. The van der Waals surface area contributed by atoms with Gasteiger partial charge < -0.3 is 74.4 Å². The Labute approximate surface area is 470 Å². The molecule has 0 saturated carbocycles. The number of para-hydroxylation sites is 2. The Hall–Kier alpha value is -5.41. The first kappa shape index (κ1) is 69.6. The summed E-state index contributed by atoms with van der Waals surface area (Å²) >= 11 is 5.77. The molecule has 2 aliphatic heterocycles. The van der Waals surface area contributed by atoms with Gasteiger partial charge in [-0.05, 0) is 51.0 Å². The summed E-state index contributed by atoms with van der Waals surface area (Å²) in [6.07, 6.45) is 2.77. The molecule has 2 saturated heterocycles. The molecule has 2 fully saturated rings. The van der Waals surface area contributed by atoms with Crippen molar-refractivity contribution in [2.45, 2.75) is 98.4 Å². The molecule has 2 unspecified atom stereocenters. The van der Waals surface area contributed by atoms with Gasteiger partial charge in [-0.1, -0.05) is 50.2 Å². The van der Waals surface area contributed by atoms with Gasteiger partial charge in [-0.2, -0.15) is 59.9 Å². The summed E-state index contributed by atoms with van der Waals surface area (Å²) in [6, 6.07) is 17.7. The summed E-state index contributed by atoms with van der Waals surface area (Å²) in [7, 11) is -3.68. The summed E-state index contributed by atoms with van der Waals surface area (Å²) in [6.45, 7) is 10.9. The molecule has 4 aromatic heterocycles. The average Bonchev–Trinajstić information content (AvgIpc) is 4.19. The number of ether oxygens (including phenoxy) is 4. The Balaban J connectivity index is 0.000000560. The van der Waals surface area contributed by atoms with Crippen molar-refractivity contribution in [2.24, 2.45) is 0 Å². The van der Waals surface area contributed by atoms with E-state index in [2.05, 4.69) is 60.8 Å². The van der Waals surface area contributed by atoms with Crippen molar-refractivity contribution in [3.8, 4) is 11.5 Å². The smallest absolute Gasteiger partial charge is 1.00 e. The standard InChI is InChI=1S/C19H26N7O5P.C10H15ClNO2P.C9H12N6O3.C4H9.2CO2.ClH.Mg/c1-3-12(2)25-32(27,31-13-7-5-4-6-8-13)29-10-15-28-9-14(30-15)26-11-22-16-17(20)23-19(21)24-18(16)26;1-3-9(2)12-15(11,13)14-10-7-5-4-6-8-10;10-7-6-8(14-9(11)13-7)15(3-12-6)4-2-17-5(1-16)18-4;1-4(2)3;2*2-1-3;;/h4-8,11-12,14-15H,3,9-10H2,1-2H3,(H,25,27)(H4,20,21,23,24);4-9H,3H2,1-2H3,(H,12,13);3-5,16H,1-2H2,(H4,10,11,13,14);1-3H3;;;1H;/q;;;-1;;;;+2/p-1/t12-,14+,15+,32?;9-,15?;4-,5-;;;;;/m001...../s1. The predicted molar refractivity (Wildman–Crippen MR) is 278 cm³/mol. The fourth-order valence-electron chi connectivity index (χ4n) is 5.92. The number of nitrogens with one attached hydrogen (secondary N) is 2. The van der Waals surface area contributed by atoms with Gasteiger partial charge in [-0.3, -0.25) is 13.7 Å². The van der Waals surface area contributed by atoms with Crippen LogP contribution in [-0.2, 0) is 51.8 Å². The largest absolute Gasteiger partial charge is 2.00 e. The van der Waals surface area contributed by atoms with E-state index in [-0.39, 0.29) is 103 Å². The first-order valence-electron chi connectivity index (χ1n) is 22.7. The minimum absolute atomic E-state index is 0. The van der Waals surface area contributed by atoms with Crippen LogP contribution in [0.4, 0.5) is 23.5 Å². The molecule has 6 aromatic rings. The second-order valence-corrected chi connectivity index (χ2v) is 20.5. The Morgan fingerprint density at radius 2 is 1.12 bits per heavy atom. The summed E-state index contributed by atoms with van der Waals surface area (Å²) in [5.41, 5.74) is 24.6. The number of aromatic nitrogens is 8. The fourth-order valence-corrected chi connectivity index (χ4v) is 9.44. The first-order valence-corrected chi connectivity index (χ1v) is 26.7. The summed E-state index contributed by atoms with van der Waals surface area (Å²) < 4.78 is 67.2. The van der Waals surface area contributed by atoms with Crippen LogP contribution in [0.1, 0.15) is 73.8 Å². The van der Waals surface area contributed by atoms with Crippen molar-refractivity contribution in [1.29, 1.82) is 0 Å². The minimum atomic E-state index is -3.68. The molecule has 2 aliphatic rings. The van der Waals surface area contributed by atoms with Crippen LogP contribution >= 0.6 is 25.9 Å². The van der Waals surface area contributed by atoms with Gasteiger partial charge in [0.25, 0.3) is 0 Å². The molecule has 0 bridgehead atoms. The predicted octanol–water partition coefficient (Wildman–Crippen LogP) is 2.19. The third kappa shape index (κ3) is 23.6. The van der Waals surface area contributed by atoms with E-state index in [1.165, 1.54) is 18.6 Å². The normalized spacial score (nSPS) is 18.4. The average molecular weight is 1170 g/mol. The molecular formula is C44H62Cl2MgN14O14P2. The van der Waals surface area contributed by atoms with Crippen LogP contribution in [0.3, 0.4) is 0 Å². The Kier molecular flexibility index (Phi) is 31.8. The molecule has 6 heterocycles. The third-order valence-electron chi connectivity index (χ3n) is 9.46. The summed E-state index contributed by atoms with van der Waals surface area (Å²) in [5.74, 6) is 2.85. The molecule has 8 rings (SSSR count). The second kappa shape index (κ2) is 35.2. The van der Waals surface area contributed by atoms with Crippen LogP contribution in [0.15, 0.2) is 73.3 Å². The van der Waals surface area contributed by atoms with Crippen molar-refractivity contribution in [3.63, 3.8) is 0 Å².